The Hall–Kier alpha value is -3.91. The van der Waals surface area contributed by atoms with Crippen molar-refractivity contribution in [2.75, 3.05) is 18.2 Å². The number of anilines is 1. The quantitative estimate of drug-likeness (QED) is 0.245. The molecule has 0 saturated heterocycles. The van der Waals surface area contributed by atoms with Gasteiger partial charge in [-0.05, 0) is 42.8 Å². The molecule has 0 aliphatic heterocycles. The van der Waals surface area contributed by atoms with E-state index in [4.69, 9.17) is 4.74 Å². The van der Waals surface area contributed by atoms with E-state index in [1.165, 1.54) is 18.9 Å². The number of hydrogen-bond donors (Lipinski definition) is 1. The summed E-state index contributed by atoms with van der Waals surface area (Å²) in [4.78, 5) is 42.3. The first kappa shape index (κ1) is 23.3. The highest BCUT2D eigenvalue weighted by atomic mass is 32.2. The fraction of sp³-hybridized carbons (Fsp3) is 0.154. The van der Waals surface area contributed by atoms with Crippen LogP contribution in [0.4, 0.5) is 5.69 Å². The van der Waals surface area contributed by atoms with Crippen LogP contribution in [0.1, 0.15) is 21.5 Å². The van der Waals surface area contributed by atoms with Gasteiger partial charge in [0, 0.05) is 5.69 Å². The third kappa shape index (κ3) is 5.35. The van der Waals surface area contributed by atoms with Crippen molar-refractivity contribution in [2.24, 2.45) is 0 Å². The molecule has 4 aromatic rings. The summed E-state index contributed by atoms with van der Waals surface area (Å²) >= 11 is 1.19. The Morgan fingerprint density at radius 3 is 2.56 bits per heavy atom. The fourth-order valence-electron chi connectivity index (χ4n) is 3.44. The molecule has 7 nitrogen and oxygen atoms in total. The highest BCUT2D eigenvalue weighted by Gasteiger charge is 2.14. The minimum Gasteiger partial charge on any atom is -0.465 e. The van der Waals surface area contributed by atoms with Gasteiger partial charge in [0.25, 0.3) is 5.56 Å². The second-order valence-electron chi connectivity index (χ2n) is 7.70. The molecule has 1 N–H and O–H groups in total. The number of fused-ring (bicyclic) bond motifs is 1. The highest BCUT2D eigenvalue weighted by molar-refractivity contribution is 7.99. The smallest absolute Gasteiger partial charge is 0.337 e. The van der Waals surface area contributed by atoms with Crippen LogP contribution in [0.2, 0.25) is 0 Å². The van der Waals surface area contributed by atoms with Gasteiger partial charge in [-0.1, -0.05) is 59.8 Å². The van der Waals surface area contributed by atoms with Gasteiger partial charge in [0.15, 0.2) is 5.16 Å². The number of amides is 1. The van der Waals surface area contributed by atoms with Gasteiger partial charge in [0.2, 0.25) is 5.91 Å². The number of esters is 1. The van der Waals surface area contributed by atoms with Crippen LogP contribution >= 0.6 is 11.8 Å². The minimum atomic E-state index is -0.481. The summed E-state index contributed by atoms with van der Waals surface area (Å²) in [5.74, 6) is -0.719. The van der Waals surface area contributed by atoms with Crippen LogP contribution in [0.15, 0.2) is 82.7 Å². The predicted octanol–water partition coefficient (Wildman–Crippen LogP) is 4.27. The SMILES string of the molecule is COC(=O)c1cccc(NC(=O)CSc2nc3ccccc3c(=O)n2Cc2ccc(C)cc2)c1. The standard InChI is InChI=1S/C26H23N3O4S/c1-17-10-12-18(13-11-17)15-29-24(31)21-8-3-4-9-22(21)28-26(29)34-16-23(30)27-20-7-5-6-19(14-20)25(32)33-2/h3-14H,15-16H2,1-2H3,(H,27,30). The number of para-hydroxylation sites is 1. The molecule has 0 saturated carbocycles. The molecule has 0 aliphatic rings. The Morgan fingerprint density at radius 2 is 1.79 bits per heavy atom. The molecule has 1 aromatic heterocycles. The Morgan fingerprint density at radius 1 is 1.03 bits per heavy atom. The highest BCUT2D eigenvalue weighted by Crippen LogP contribution is 2.20. The van der Waals surface area contributed by atoms with Crippen molar-refractivity contribution in [3.8, 4) is 0 Å². The first-order valence-corrected chi connectivity index (χ1v) is 11.6. The molecule has 0 bridgehead atoms. The monoisotopic (exact) mass is 473 g/mol. The van der Waals surface area contributed by atoms with Crippen LogP contribution in [-0.2, 0) is 16.1 Å². The molecule has 0 radical (unpaired) electrons. The molecule has 0 spiro atoms. The second kappa shape index (κ2) is 10.4. The Labute approximate surface area is 200 Å². The first-order valence-electron chi connectivity index (χ1n) is 10.6. The van der Waals surface area contributed by atoms with Crippen LogP contribution < -0.4 is 10.9 Å². The van der Waals surface area contributed by atoms with Gasteiger partial charge in [-0.15, -0.1) is 0 Å². The van der Waals surface area contributed by atoms with E-state index in [0.29, 0.717) is 33.9 Å². The van der Waals surface area contributed by atoms with Gasteiger partial charge in [-0.3, -0.25) is 14.2 Å². The van der Waals surface area contributed by atoms with Gasteiger partial charge >= 0.3 is 5.97 Å². The number of ether oxygens (including phenoxy) is 1. The number of aromatic nitrogens is 2. The van der Waals surface area contributed by atoms with E-state index in [1.54, 1.807) is 41.0 Å². The van der Waals surface area contributed by atoms with Crippen LogP contribution in [0.5, 0.6) is 0 Å². The lowest BCUT2D eigenvalue weighted by Crippen LogP contribution is -2.25. The summed E-state index contributed by atoms with van der Waals surface area (Å²) in [7, 11) is 1.30. The molecule has 3 aromatic carbocycles. The van der Waals surface area contributed by atoms with Crippen molar-refractivity contribution in [3.05, 3.63) is 99.8 Å². The molecular formula is C26H23N3O4S. The van der Waals surface area contributed by atoms with Crippen molar-refractivity contribution >= 4 is 40.2 Å². The third-order valence-electron chi connectivity index (χ3n) is 5.19. The average molecular weight is 474 g/mol. The van der Waals surface area contributed by atoms with Crippen molar-refractivity contribution in [1.29, 1.82) is 0 Å². The van der Waals surface area contributed by atoms with Crippen LogP contribution in [0.3, 0.4) is 0 Å². The maximum Gasteiger partial charge on any atom is 0.337 e. The Balaban J connectivity index is 1.57. The van der Waals surface area contributed by atoms with E-state index in [0.717, 1.165) is 11.1 Å². The number of hydrogen-bond acceptors (Lipinski definition) is 6. The number of methoxy groups -OCH3 is 1. The second-order valence-corrected chi connectivity index (χ2v) is 8.64. The summed E-state index contributed by atoms with van der Waals surface area (Å²) in [5, 5.41) is 3.77. The van der Waals surface area contributed by atoms with E-state index in [2.05, 4.69) is 10.3 Å². The van der Waals surface area contributed by atoms with Crippen LogP contribution in [0, 0.1) is 6.92 Å². The lowest BCUT2D eigenvalue weighted by atomic mass is 10.1. The van der Waals surface area contributed by atoms with Crippen molar-refractivity contribution < 1.29 is 14.3 Å². The van der Waals surface area contributed by atoms with Crippen LogP contribution in [0.25, 0.3) is 10.9 Å². The number of thioether (sulfide) groups is 1. The summed E-state index contributed by atoms with van der Waals surface area (Å²) in [6.07, 6.45) is 0. The van der Waals surface area contributed by atoms with Crippen molar-refractivity contribution in [1.82, 2.24) is 9.55 Å². The molecule has 0 fully saturated rings. The molecule has 4 rings (SSSR count). The van der Waals surface area contributed by atoms with Crippen molar-refractivity contribution in [3.63, 3.8) is 0 Å². The zero-order valence-electron chi connectivity index (χ0n) is 18.8. The number of benzene rings is 3. The maximum absolute atomic E-state index is 13.3. The largest absolute Gasteiger partial charge is 0.465 e. The Kier molecular flexibility index (Phi) is 7.08. The molecule has 172 valence electrons. The molecule has 1 heterocycles. The molecule has 34 heavy (non-hydrogen) atoms. The summed E-state index contributed by atoms with van der Waals surface area (Å²) in [6, 6.07) is 21.7. The number of rotatable bonds is 7. The molecule has 1 amide bonds. The zero-order valence-corrected chi connectivity index (χ0v) is 19.6. The molecule has 0 unspecified atom stereocenters. The fourth-order valence-corrected chi connectivity index (χ4v) is 4.24. The molecule has 0 atom stereocenters. The number of carbonyl (C=O) groups excluding carboxylic acids is 2. The predicted molar refractivity (Wildman–Crippen MR) is 133 cm³/mol. The minimum absolute atomic E-state index is 0.0428. The van der Waals surface area contributed by atoms with E-state index in [1.807, 2.05) is 43.3 Å². The molecular weight excluding hydrogens is 450 g/mol. The van der Waals surface area contributed by atoms with E-state index in [-0.39, 0.29) is 17.2 Å². The lowest BCUT2D eigenvalue weighted by molar-refractivity contribution is -0.113. The van der Waals surface area contributed by atoms with Gasteiger partial charge in [-0.2, -0.15) is 0 Å². The van der Waals surface area contributed by atoms with E-state index in [9.17, 15) is 14.4 Å². The molecule has 0 aliphatic carbocycles. The average Bonchev–Trinajstić information content (AvgIpc) is 2.85. The van der Waals surface area contributed by atoms with Gasteiger partial charge < -0.3 is 10.1 Å². The van der Waals surface area contributed by atoms with Gasteiger partial charge in [0.05, 0.1) is 35.9 Å². The van der Waals surface area contributed by atoms with E-state index >= 15 is 0 Å². The zero-order chi connectivity index (χ0) is 24.1. The van der Waals surface area contributed by atoms with E-state index < -0.39 is 5.97 Å². The number of carbonyl (C=O) groups is 2. The maximum atomic E-state index is 13.3. The molecule has 8 heteroatoms. The number of nitrogens with one attached hydrogen (secondary N) is 1. The van der Waals surface area contributed by atoms with Crippen LogP contribution in [-0.4, -0.2) is 34.3 Å². The van der Waals surface area contributed by atoms with Gasteiger partial charge in [0.1, 0.15) is 0 Å². The Bertz CT molecular complexity index is 1410. The first-order chi connectivity index (χ1) is 16.4. The summed E-state index contributed by atoms with van der Waals surface area (Å²) in [5.41, 5.74) is 3.36. The van der Waals surface area contributed by atoms with Gasteiger partial charge in [-0.25, -0.2) is 9.78 Å². The topological polar surface area (TPSA) is 90.3 Å². The normalized spacial score (nSPS) is 10.8. The summed E-state index contributed by atoms with van der Waals surface area (Å²) in [6.45, 7) is 2.36. The third-order valence-corrected chi connectivity index (χ3v) is 6.16. The number of nitrogens with zero attached hydrogens (tertiary/aromatic N) is 2. The summed E-state index contributed by atoms with van der Waals surface area (Å²) < 4.78 is 6.32. The lowest BCUT2D eigenvalue weighted by Gasteiger charge is -2.13. The van der Waals surface area contributed by atoms with Crippen molar-refractivity contribution in [2.45, 2.75) is 18.6 Å². The number of aryl methyl sites for hydroxylation is 1.